The second kappa shape index (κ2) is 5.75. The summed E-state index contributed by atoms with van der Waals surface area (Å²) < 4.78 is 7.33. The number of aromatic nitrogens is 3. The second-order valence-corrected chi connectivity index (χ2v) is 3.78. The molecule has 5 nitrogen and oxygen atoms in total. The zero-order valence-corrected chi connectivity index (χ0v) is 10.3. The summed E-state index contributed by atoms with van der Waals surface area (Å²) in [5, 5.41) is 7.72. The molecule has 0 amide bonds. The molecule has 0 fully saturated rings. The molecule has 0 saturated heterocycles. The average molecular weight is 234 g/mol. The largest absolute Gasteiger partial charge is 0.380 e. The van der Waals surface area contributed by atoms with E-state index >= 15 is 0 Å². The summed E-state index contributed by atoms with van der Waals surface area (Å²) in [4.78, 5) is 4.14. The first-order valence-electron chi connectivity index (χ1n) is 5.95. The van der Waals surface area contributed by atoms with Crippen molar-refractivity contribution < 1.29 is 4.74 Å². The lowest BCUT2D eigenvalue weighted by Gasteiger charge is -2.16. The second-order valence-electron chi connectivity index (χ2n) is 3.78. The minimum Gasteiger partial charge on any atom is -0.380 e. The van der Waals surface area contributed by atoms with Gasteiger partial charge in [0.2, 0.25) is 0 Å². The quantitative estimate of drug-likeness (QED) is 0.821. The monoisotopic (exact) mass is 234 g/mol. The van der Waals surface area contributed by atoms with Gasteiger partial charge in [-0.2, -0.15) is 5.10 Å². The van der Waals surface area contributed by atoms with Crippen LogP contribution in [0, 0.1) is 0 Å². The fraction of sp³-hybridized carbons (Fsp3) is 0.500. The van der Waals surface area contributed by atoms with E-state index in [0.29, 0.717) is 6.61 Å². The highest BCUT2D eigenvalue weighted by Gasteiger charge is 2.15. The highest BCUT2D eigenvalue weighted by atomic mass is 16.5. The molecular weight excluding hydrogens is 216 g/mol. The van der Waals surface area contributed by atoms with Gasteiger partial charge in [0.25, 0.3) is 0 Å². The third kappa shape index (κ3) is 2.62. The van der Waals surface area contributed by atoms with Crippen LogP contribution in [-0.4, -0.2) is 34.4 Å². The summed E-state index contributed by atoms with van der Waals surface area (Å²) in [5.41, 5.74) is 2.16. The third-order valence-corrected chi connectivity index (χ3v) is 2.67. The first-order valence-corrected chi connectivity index (χ1v) is 5.95. The van der Waals surface area contributed by atoms with E-state index in [9.17, 15) is 0 Å². The normalized spacial score (nSPS) is 13.1. The Bertz CT molecular complexity index is 468. The average Bonchev–Trinajstić information content (AvgIpc) is 2.78. The third-order valence-electron chi connectivity index (χ3n) is 2.67. The van der Waals surface area contributed by atoms with Gasteiger partial charge < -0.3 is 10.1 Å². The van der Waals surface area contributed by atoms with Gasteiger partial charge in [-0.1, -0.05) is 6.92 Å². The van der Waals surface area contributed by atoms with Crippen molar-refractivity contribution in [1.29, 1.82) is 0 Å². The Hall–Kier alpha value is -1.46. The lowest BCUT2D eigenvalue weighted by atomic mass is 10.1. The molecule has 0 saturated carbocycles. The van der Waals surface area contributed by atoms with Gasteiger partial charge in [0.05, 0.1) is 30.6 Å². The first-order chi connectivity index (χ1) is 8.36. The van der Waals surface area contributed by atoms with Gasteiger partial charge in [-0.25, -0.2) is 4.52 Å². The van der Waals surface area contributed by atoms with Crippen LogP contribution in [0.1, 0.15) is 25.5 Å². The van der Waals surface area contributed by atoms with Gasteiger partial charge in [-0.05, 0) is 13.5 Å². The summed E-state index contributed by atoms with van der Waals surface area (Å²) in [5.74, 6) is 0. The molecular formula is C12H18N4O. The maximum atomic E-state index is 5.50. The molecule has 17 heavy (non-hydrogen) atoms. The minimum absolute atomic E-state index is 0.168. The Labute approximate surface area is 101 Å². The van der Waals surface area contributed by atoms with E-state index in [2.05, 4.69) is 22.3 Å². The summed E-state index contributed by atoms with van der Waals surface area (Å²) >= 11 is 0. The van der Waals surface area contributed by atoms with Crippen LogP contribution < -0.4 is 5.32 Å². The summed E-state index contributed by atoms with van der Waals surface area (Å²) in [6, 6.07) is 0.168. The maximum Gasteiger partial charge on any atom is 0.0893 e. The SMILES string of the molecule is CCNC(COCC)c1cnn2ccncc12. The van der Waals surface area contributed by atoms with E-state index in [-0.39, 0.29) is 6.04 Å². The van der Waals surface area contributed by atoms with E-state index in [4.69, 9.17) is 4.74 Å². The number of hydrogen-bond acceptors (Lipinski definition) is 4. The van der Waals surface area contributed by atoms with Crippen LogP contribution in [-0.2, 0) is 4.74 Å². The van der Waals surface area contributed by atoms with Crippen molar-refractivity contribution in [2.24, 2.45) is 0 Å². The van der Waals surface area contributed by atoms with Crippen molar-refractivity contribution in [3.8, 4) is 0 Å². The van der Waals surface area contributed by atoms with Crippen molar-refractivity contribution in [3.63, 3.8) is 0 Å². The van der Waals surface area contributed by atoms with Crippen LogP contribution in [0.3, 0.4) is 0 Å². The fourth-order valence-corrected chi connectivity index (χ4v) is 1.86. The van der Waals surface area contributed by atoms with Crippen LogP contribution >= 0.6 is 0 Å². The molecule has 0 aliphatic carbocycles. The lowest BCUT2D eigenvalue weighted by Crippen LogP contribution is -2.25. The van der Waals surface area contributed by atoms with E-state index in [1.807, 2.05) is 30.0 Å². The summed E-state index contributed by atoms with van der Waals surface area (Å²) in [7, 11) is 0. The van der Waals surface area contributed by atoms with Crippen molar-refractivity contribution in [1.82, 2.24) is 19.9 Å². The van der Waals surface area contributed by atoms with Gasteiger partial charge in [0.1, 0.15) is 0 Å². The number of nitrogens with zero attached hydrogens (tertiary/aromatic N) is 3. The van der Waals surface area contributed by atoms with Gasteiger partial charge in [0.15, 0.2) is 0 Å². The van der Waals surface area contributed by atoms with Crippen molar-refractivity contribution >= 4 is 5.52 Å². The van der Waals surface area contributed by atoms with Crippen molar-refractivity contribution in [2.45, 2.75) is 19.9 Å². The Morgan fingerprint density at radius 2 is 2.29 bits per heavy atom. The topological polar surface area (TPSA) is 51.5 Å². The van der Waals surface area contributed by atoms with Gasteiger partial charge in [-0.15, -0.1) is 0 Å². The van der Waals surface area contributed by atoms with E-state index in [1.54, 1.807) is 6.20 Å². The van der Waals surface area contributed by atoms with Gasteiger partial charge in [0, 0.05) is 24.6 Å². The molecule has 1 unspecified atom stereocenters. The smallest absolute Gasteiger partial charge is 0.0893 e. The predicted octanol–water partition coefficient (Wildman–Crippen LogP) is 1.42. The number of hydrogen-bond donors (Lipinski definition) is 1. The number of ether oxygens (including phenoxy) is 1. The lowest BCUT2D eigenvalue weighted by molar-refractivity contribution is 0.124. The molecule has 92 valence electrons. The molecule has 0 aliphatic rings. The van der Waals surface area contributed by atoms with Crippen LogP contribution in [0.4, 0.5) is 0 Å². The van der Waals surface area contributed by atoms with Crippen LogP contribution in [0.25, 0.3) is 5.52 Å². The molecule has 2 heterocycles. The molecule has 0 bridgehead atoms. The molecule has 2 rings (SSSR count). The van der Waals surface area contributed by atoms with Crippen LogP contribution in [0.2, 0.25) is 0 Å². The number of rotatable bonds is 6. The minimum atomic E-state index is 0.168. The van der Waals surface area contributed by atoms with Crippen molar-refractivity contribution in [2.75, 3.05) is 19.8 Å². The summed E-state index contributed by atoms with van der Waals surface area (Å²) in [6.07, 6.45) is 7.29. The molecule has 5 heteroatoms. The Morgan fingerprint density at radius 3 is 3.06 bits per heavy atom. The predicted molar refractivity (Wildman–Crippen MR) is 65.9 cm³/mol. The number of fused-ring (bicyclic) bond motifs is 1. The Balaban J connectivity index is 2.27. The molecule has 1 atom stereocenters. The molecule has 0 aliphatic heterocycles. The Morgan fingerprint density at radius 1 is 1.41 bits per heavy atom. The zero-order valence-electron chi connectivity index (χ0n) is 10.3. The Kier molecular flexibility index (Phi) is 4.06. The van der Waals surface area contributed by atoms with Gasteiger partial charge in [-0.3, -0.25) is 4.98 Å². The van der Waals surface area contributed by atoms with E-state index in [0.717, 1.165) is 24.2 Å². The molecule has 2 aromatic heterocycles. The molecule has 0 radical (unpaired) electrons. The standard InChI is InChI=1S/C12H18N4O/c1-3-14-11(9-17-4-2)10-7-15-16-6-5-13-8-12(10)16/h5-8,11,14H,3-4,9H2,1-2H3. The van der Waals surface area contributed by atoms with E-state index in [1.165, 1.54) is 0 Å². The van der Waals surface area contributed by atoms with Crippen LogP contribution in [0.5, 0.6) is 0 Å². The molecule has 2 aromatic rings. The number of nitrogens with one attached hydrogen (secondary N) is 1. The molecule has 0 spiro atoms. The molecule has 0 aromatic carbocycles. The number of likely N-dealkylation sites (N-methyl/N-ethyl adjacent to an activating group) is 1. The van der Waals surface area contributed by atoms with Crippen molar-refractivity contribution in [3.05, 3.63) is 30.4 Å². The zero-order chi connectivity index (χ0) is 12.1. The molecule has 1 N–H and O–H groups in total. The van der Waals surface area contributed by atoms with E-state index < -0.39 is 0 Å². The maximum absolute atomic E-state index is 5.50. The van der Waals surface area contributed by atoms with Gasteiger partial charge >= 0.3 is 0 Å². The van der Waals surface area contributed by atoms with Crippen LogP contribution in [0.15, 0.2) is 24.8 Å². The first kappa shape index (κ1) is 12.0. The summed E-state index contributed by atoms with van der Waals surface area (Å²) in [6.45, 7) is 6.36. The highest BCUT2D eigenvalue weighted by Crippen LogP contribution is 2.18. The highest BCUT2D eigenvalue weighted by molar-refractivity contribution is 5.53. The fourth-order valence-electron chi connectivity index (χ4n) is 1.86.